The van der Waals surface area contributed by atoms with E-state index in [1.807, 2.05) is 29.4 Å². The largest absolute Gasteiger partial charge is 0.461 e. The number of pyridine rings is 1. The Morgan fingerprint density at radius 2 is 1.33 bits per heavy atom. The van der Waals surface area contributed by atoms with Crippen LogP contribution in [0.3, 0.4) is 0 Å². The van der Waals surface area contributed by atoms with Crippen LogP contribution in [-0.4, -0.2) is 31.5 Å². The number of carbonyl (C=O) groups is 2. The SMILES string of the molecule is CCCCCCCCCCCCCCCCCCNC(=O)Oc1c[n+](CCCCC)c(C(=O)OC)c(C2CCS2)c1C. The Hall–Kier alpha value is -1.76. The number of esters is 1. The third-order valence-electron chi connectivity index (χ3n) is 8.49. The second-order valence-corrected chi connectivity index (χ2v) is 13.4. The summed E-state index contributed by atoms with van der Waals surface area (Å²) < 4.78 is 12.9. The monoisotopic (exact) mass is 605 g/mol. The van der Waals surface area contributed by atoms with Gasteiger partial charge in [-0.2, -0.15) is 16.3 Å². The minimum absolute atomic E-state index is 0.230. The van der Waals surface area contributed by atoms with Gasteiger partial charge in [0.2, 0.25) is 6.20 Å². The summed E-state index contributed by atoms with van der Waals surface area (Å²) >= 11 is 1.84. The number of nitrogens with zero attached hydrogens (tertiary/aromatic N) is 1. The van der Waals surface area contributed by atoms with E-state index in [1.165, 1.54) is 97.0 Å². The molecule has 1 aliphatic rings. The molecule has 1 fully saturated rings. The van der Waals surface area contributed by atoms with Crippen molar-refractivity contribution in [3.63, 3.8) is 0 Å². The average molecular weight is 606 g/mol. The van der Waals surface area contributed by atoms with E-state index in [-0.39, 0.29) is 11.2 Å². The lowest BCUT2D eigenvalue weighted by Crippen LogP contribution is -2.44. The molecular weight excluding hydrogens is 544 g/mol. The van der Waals surface area contributed by atoms with Crippen LogP contribution in [0.1, 0.15) is 169 Å². The van der Waals surface area contributed by atoms with E-state index >= 15 is 0 Å². The highest BCUT2D eigenvalue weighted by Gasteiger charge is 2.37. The number of carbonyl (C=O) groups excluding carboxylic acids is 2. The van der Waals surface area contributed by atoms with Gasteiger partial charge >= 0.3 is 12.1 Å². The van der Waals surface area contributed by atoms with Crippen molar-refractivity contribution in [1.29, 1.82) is 0 Å². The van der Waals surface area contributed by atoms with Gasteiger partial charge in [-0.05, 0) is 31.9 Å². The molecular formula is C35H61N2O4S+. The first-order valence-corrected chi connectivity index (χ1v) is 18.3. The van der Waals surface area contributed by atoms with E-state index in [2.05, 4.69) is 19.2 Å². The summed E-state index contributed by atoms with van der Waals surface area (Å²) in [5.74, 6) is 1.29. The van der Waals surface area contributed by atoms with Gasteiger partial charge in [0.1, 0.15) is 6.54 Å². The highest BCUT2D eigenvalue weighted by atomic mass is 32.2. The van der Waals surface area contributed by atoms with Gasteiger partial charge in [0, 0.05) is 23.8 Å². The van der Waals surface area contributed by atoms with Crippen molar-refractivity contribution < 1.29 is 23.6 Å². The summed E-state index contributed by atoms with van der Waals surface area (Å²) in [5.41, 5.74) is 2.42. The zero-order valence-corrected chi connectivity index (χ0v) is 28.2. The predicted molar refractivity (Wildman–Crippen MR) is 176 cm³/mol. The second kappa shape index (κ2) is 22.7. The van der Waals surface area contributed by atoms with Crippen LogP contribution in [0.5, 0.6) is 5.75 Å². The fourth-order valence-electron chi connectivity index (χ4n) is 5.76. The number of rotatable bonds is 24. The topological polar surface area (TPSA) is 68.5 Å². The molecule has 0 aliphatic carbocycles. The molecule has 1 aromatic rings. The lowest BCUT2D eigenvalue weighted by atomic mass is 10.00. The highest BCUT2D eigenvalue weighted by molar-refractivity contribution is 8.00. The van der Waals surface area contributed by atoms with Gasteiger partial charge in [0.05, 0.1) is 12.7 Å². The summed E-state index contributed by atoms with van der Waals surface area (Å²) in [4.78, 5) is 25.5. The molecule has 7 heteroatoms. The van der Waals surface area contributed by atoms with Crippen molar-refractivity contribution in [2.45, 2.75) is 161 Å². The van der Waals surface area contributed by atoms with Gasteiger partial charge in [-0.3, -0.25) is 0 Å². The molecule has 2 rings (SSSR count). The van der Waals surface area contributed by atoms with Crippen LogP contribution in [0.25, 0.3) is 0 Å². The van der Waals surface area contributed by atoms with E-state index < -0.39 is 6.09 Å². The van der Waals surface area contributed by atoms with Crippen molar-refractivity contribution in [2.24, 2.45) is 0 Å². The first-order valence-electron chi connectivity index (χ1n) is 17.3. The number of ether oxygens (including phenoxy) is 2. The number of aryl methyl sites for hydroxylation is 1. The maximum absolute atomic E-state index is 12.8. The summed E-state index contributed by atoms with van der Waals surface area (Å²) in [6.07, 6.45) is 26.9. The maximum atomic E-state index is 12.8. The number of methoxy groups -OCH3 is 1. The Morgan fingerprint density at radius 3 is 1.81 bits per heavy atom. The molecule has 6 nitrogen and oxygen atoms in total. The van der Waals surface area contributed by atoms with Gasteiger partial charge < -0.3 is 14.8 Å². The fourth-order valence-corrected chi connectivity index (χ4v) is 6.69. The van der Waals surface area contributed by atoms with Crippen LogP contribution >= 0.6 is 11.8 Å². The van der Waals surface area contributed by atoms with E-state index in [1.54, 1.807) is 0 Å². The first kappa shape index (κ1) is 36.4. The zero-order chi connectivity index (χ0) is 30.4. The number of thioether (sulfide) groups is 1. The minimum Gasteiger partial charge on any atom is -0.461 e. The Morgan fingerprint density at radius 1 is 0.833 bits per heavy atom. The maximum Gasteiger partial charge on any atom is 0.412 e. The van der Waals surface area contributed by atoms with Crippen LogP contribution < -0.4 is 14.6 Å². The molecule has 1 N–H and O–H groups in total. The quantitative estimate of drug-likeness (QED) is 0.0722. The third kappa shape index (κ3) is 13.7. The van der Waals surface area contributed by atoms with Crippen LogP contribution in [0.4, 0.5) is 4.79 Å². The molecule has 0 spiro atoms. The molecule has 1 unspecified atom stereocenters. The average Bonchev–Trinajstić information content (AvgIpc) is 2.95. The number of hydrogen-bond acceptors (Lipinski definition) is 5. The molecule has 2 heterocycles. The number of aromatic nitrogens is 1. The molecule has 1 saturated heterocycles. The predicted octanol–water partition coefficient (Wildman–Crippen LogP) is 9.79. The van der Waals surface area contributed by atoms with Crippen molar-refractivity contribution in [2.75, 3.05) is 19.4 Å². The van der Waals surface area contributed by atoms with E-state index in [0.29, 0.717) is 24.5 Å². The Balaban J connectivity index is 1.67. The number of nitrogens with one attached hydrogen (secondary N) is 1. The van der Waals surface area contributed by atoms with Gasteiger partial charge in [0.15, 0.2) is 5.75 Å². The number of amides is 1. The minimum atomic E-state index is -0.419. The Kier molecular flexibility index (Phi) is 19.7. The van der Waals surface area contributed by atoms with Crippen molar-refractivity contribution in [1.82, 2.24) is 5.32 Å². The van der Waals surface area contributed by atoms with Crippen molar-refractivity contribution in [3.8, 4) is 5.75 Å². The first-order chi connectivity index (χ1) is 20.5. The molecule has 42 heavy (non-hydrogen) atoms. The lowest BCUT2D eigenvalue weighted by molar-refractivity contribution is -0.700. The van der Waals surface area contributed by atoms with Gasteiger partial charge in [-0.25, -0.2) is 9.59 Å². The summed E-state index contributed by atoms with van der Waals surface area (Å²) in [6.45, 7) is 7.71. The standard InChI is InChI=1S/C35H60N2O4S/c1-5-7-9-10-11-12-13-14-15-16-17-18-19-20-21-22-25-36-35(39)41-30-28-37(26-23-8-6-2)33(34(38)40-4)32(29(30)3)31-24-27-42-31/h28,31H,5-27H2,1-4H3/p+1. The molecule has 240 valence electrons. The Labute approximate surface area is 261 Å². The van der Waals surface area contributed by atoms with Crippen LogP contribution in [0.2, 0.25) is 0 Å². The summed E-state index contributed by atoms with van der Waals surface area (Å²) in [7, 11) is 1.43. The van der Waals surface area contributed by atoms with Gasteiger partial charge in [-0.1, -0.05) is 117 Å². The summed E-state index contributed by atoms with van der Waals surface area (Å²) in [6, 6.07) is 0. The molecule has 1 aromatic heterocycles. The van der Waals surface area contributed by atoms with E-state index in [4.69, 9.17) is 9.47 Å². The third-order valence-corrected chi connectivity index (χ3v) is 9.84. The van der Waals surface area contributed by atoms with E-state index in [9.17, 15) is 9.59 Å². The smallest absolute Gasteiger partial charge is 0.412 e. The van der Waals surface area contributed by atoms with Gasteiger partial charge in [0.25, 0.3) is 5.69 Å². The van der Waals surface area contributed by atoms with Crippen molar-refractivity contribution >= 4 is 23.8 Å². The van der Waals surface area contributed by atoms with E-state index in [0.717, 1.165) is 55.4 Å². The van der Waals surface area contributed by atoms with Crippen LogP contribution in [0.15, 0.2) is 6.20 Å². The molecule has 0 bridgehead atoms. The zero-order valence-electron chi connectivity index (χ0n) is 27.4. The lowest BCUT2D eigenvalue weighted by Gasteiger charge is -2.27. The van der Waals surface area contributed by atoms with Gasteiger partial charge in [-0.15, -0.1) is 0 Å². The molecule has 1 aliphatic heterocycles. The molecule has 1 atom stereocenters. The highest BCUT2D eigenvalue weighted by Crippen LogP contribution is 2.46. The normalized spacial score (nSPS) is 14.4. The number of hydrogen-bond donors (Lipinski definition) is 1. The Bertz CT molecular complexity index is 903. The molecule has 1 amide bonds. The second-order valence-electron chi connectivity index (χ2n) is 12.0. The fraction of sp³-hybridized carbons (Fsp3) is 0.800. The van der Waals surface area contributed by atoms with Crippen LogP contribution in [0, 0.1) is 6.92 Å². The molecule has 0 saturated carbocycles. The molecule has 0 radical (unpaired) electrons. The number of unbranched alkanes of at least 4 members (excludes halogenated alkanes) is 17. The summed E-state index contributed by atoms with van der Waals surface area (Å²) in [5, 5.41) is 3.17. The van der Waals surface area contributed by atoms with Crippen LogP contribution in [-0.2, 0) is 11.3 Å². The molecule has 0 aromatic carbocycles. The van der Waals surface area contributed by atoms with Crippen molar-refractivity contribution in [3.05, 3.63) is 23.0 Å².